The van der Waals surface area contributed by atoms with Crippen molar-refractivity contribution >= 4 is 11.3 Å². The summed E-state index contributed by atoms with van der Waals surface area (Å²) in [7, 11) is 2.29. The fourth-order valence-corrected chi connectivity index (χ4v) is 3.58. The van der Waals surface area contributed by atoms with Gasteiger partial charge < -0.3 is 10.2 Å². The molecule has 1 saturated carbocycles. The highest BCUT2D eigenvalue weighted by atomic mass is 32.1. The van der Waals surface area contributed by atoms with Gasteiger partial charge in [0.2, 0.25) is 0 Å². The fraction of sp³-hybridized carbons (Fsp3) is 0.800. The van der Waals surface area contributed by atoms with Crippen LogP contribution in [-0.4, -0.2) is 36.1 Å². The molecule has 0 saturated heterocycles. The normalized spacial score (nSPS) is 17.2. The van der Waals surface area contributed by atoms with Crippen molar-refractivity contribution in [2.24, 2.45) is 0 Å². The van der Waals surface area contributed by atoms with Crippen LogP contribution < -0.4 is 5.32 Å². The average molecular weight is 281 g/mol. The smallest absolute Gasteiger partial charge is 0.107 e. The van der Waals surface area contributed by atoms with Crippen molar-refractivity contribution in [2.75, 3.05) is 20.1 Å². The van der Waals surface area contributed by atoms with E-state index in [9.17, 15) is 0 Å². The summed E-state index contributed by atoms with van der Waals surface area (Å²) in [5.41, 5.74) is 1.14. The highest BCUT2D eigenvalue weighted by molar-refractivity contribution is 7.09. The molecule has 0 aliphatic heterocycles. The number of hydrogen-bond donors (Lipinski definition) is 1. The van der Waals surface area contributed by atoms with Gasteiger partial charge in [-0.3, -0.25) is 0 Å². The molecule has 1 N–H and O–H groups in total. The molecule has 0 amide bonds. The Labute approximate surface area is 121 Å². The summed E-state index contributed by atoms with van der Waals surface area (Å²) in [6.45, 7) is 5.29. The van der Waals surface area contributed by atoms with E-state index in [1.54, 1.807) is 11.3 Å². The number of rotatable bonds is 7. The molecule has 4 heteroatoms. The Hall–Kier alpha value is -0.450. The van der Waals surface area contributed by atoms with E-state index in [1.807, 2.05) is 0 Å². The molecule has 1 heterocycles. The summed E-state index contributed by atoms with van der Waals surface area (Å²) >= 11 is 1.75. The SMILES string of the molecule is Cc1csc(CNCCCN(C)C2CCCCC2)n1. The summed E-state index contributed by atoms with van der Waals surface area (Å²) in [5, 5.41) is 6.82. The largest absolute Gasteiger partial charge is 0.310 e. The molecule has 1 aliphatic rings. The molecular weight excluding hydrogens is 254 g/mol. The van der Waals surface area contributed by atoms with Crippen LogP contribution in [0.5, 0.6) is 0 Å². The molecule has 0 unspecified atom stereocenters. The second kappa shape index (κ2) is 7.98. The lowest BCUT2D eigenvalue weighted by atomic mass is 9.94. The molecule has 1 aliphatic carbocycles. The first kappa shape index (κ1) is 14.9. The number of hydrogen-bond acceptors (Lipinski definition) is 4. The summed E-state index contributed by atoms with van der Waals surface area (Å²) < 4.78 is 0. The molecule has 2 rings (SSSR count). The molecule has 1 aromatic rings. The maximum atomic E-state index is 4.46. The molecule has 0 radical (unpaired) electrons. The van der Waals surface area contributed by atoms with Gasteiger partial charge in [-0.15, -0.1) is 11.3 Å². The van der Waals surface area contributed by atoms with Gasteiger partial charge in [0.15, 0.2) is 0 Å². The van der Waals surface area contributed by atoms with Gasteiger partial charge in [-0.1, -0.05) is 19.3 Å². The van der Waals surface area contributed by atoms with E-state index in [1.165, 1.54) is 50.1 Å². The van der Waals surface area contributed by atoms with E-state index >= 15 is 0 Å². The molecule has 1 fully saturated rings. The van der Waals surface area contributed by atoms with E-state index in [0.29, 0.717) is 0 Å². The molecule has 1 aromatic heterocycles. The number of aryl methyl sites for hydroxylation is 1. The van der Waals surface area contributed by atoms with Gasteiger partial charge >= 0.3 is 0 Å². The van der Waals surface area contributed by atoms with Gasteiger partial charge in [0, 0.05) is 23.7 Å². The zero-order valence-electron chi connectivity index (χ0n) is 12.3. The Morgan fingerprint density at radius 3 is 2.84 bits per heavy atom. The molecule has 0 spiro atoms. The Morgan fingerprint density at radius 2 is 2.16 bits per heavy atom. The quantitative estimate of drug-likeness (QED) is 0.778. The van der Waals surface area contributed by atoms with Crippen LogP contribution in [0.2, 0.25) is 0 Å². The number of nitrogens with one attached hydrogen (secondary N) is 1. The Kier molecular flexibility index (Phi) is 6.28. The van der Waals surface area contributed by atoms with Crippen LogP contribution in [0.4, 0.5) is 0 Å². The molecule has 3 nitrogen and oxygen atoms in total. The monoisotopic (exact) mass is 281 g/mol. The van der Waals surface area contributed by atoms with Gasteiger partial charge in [0.25, 0.3) is 0 Å². The zero-order valence-corrected chi connectivity index (χ0v) is 13.1. The maximum Gasteiger partial charge on any atom is 0.107 e. The Morgan fingerprint density at radius 1 is 1.37 bits per heavy atom. The minimum atomic E-state index is 0.843. The van der Waals surface area contributed by atoms with Crippen molar-refractivity contribution in [1.29, 1.82) is 0 Å². The van der Waals surface area contributed by atoms with Crippen LogP contribution in [0.1, 0.15) is 49.2 Å². The van der Waals surface area contributed by atoms with Crippen LogP contribution >= 0.6 is 11.3 Å². The molecular formula is C15H27N3S. The first-order valence-corrected chi connectivity index (χ1v) is 8.45. The zero-order chi connectivity index (χ0) is 13.5. The lowest BCUT2D eigenvalue weighted by molar-refractivity contribution is 0.189. The molecule has 0 bridgehead atoms. The lowest BCUT2D eigenvalue weighted by Crippen LogP contribution is -2.35. The number of thiazole rings is 1. The highest BCUT2D eigenvalue weighted by Gasteiger charge is 2.16. The van der Waals surface area contributed by atoms with Gasteiger partial charge in [-0.2, -0.15) is 0 Å². The average Bonchev–Trinajstić information content (AvgIpc) is 2.85. The van der Waals surface area contributed by atoms with Crippen molar-refractivity contribution in [1.82, 2.24) is 15.2 Å². The van der Waals surface area contributed by atoms with Crippen LogP contribution in [-0.2, 0) is 6.54 Å². The van der Waals surface area contributed by atoms with E-state index in [0.717, 1.165) is 24.8 Å². The molecule has 108 valence electrons. The highest BCUT2D eigenvalue weighted by Crippen LogP contribution is 2.21. The van der Waals surface area contributed by atoms with Crippen molar-refractivity contribution in [3.63, 3.8) is 0 Å². The molecule has 0 atom stereocenters. The molecule has 0 aromatic carbocycles. The van der Waals surface area contributed by atoms with E-state index in [2.05, 4.69) is 34.6 Å². The minimum absolute atomic E-state index is 0.843. The van der Waals surface area contributed by atoms with E-state index < -0.39 is 0 Å². The van der Waals surface area contributed by atoms with Gasteiger partial charge in [0.05, 0.1) is 0 Å². The van der Waals surface area contributed by atoms with Crippen LogP contribution in [0.25, 0.3) is 0 Å². The maximum absolute atomic E-state index is 4.46. The van der Waals surface area contributed by atoms with Crippen molar-refractivity contribution in [2.45, 2.75) is 58.0 Å². The van der Waals surface area contributed by atoms with Gasteiger partial charge in [-0.05, 0) is 46.3 Å². The number of aromatic nitrogens is 1. The predicted octanol–water partition coefficient (Wildman–Crippen LogP) is 3.20. The predicted molar refractivity (Wildman–Crippen MR) is 82.7 cm³/mol. The van der Waals surface area contributed by atoms with E-state index in [4.69, 9.17) is 0 Å². The van der Waals surface area contributed by atoms with Gasteiger partial charge in [0.1, 0.15) is 5.01 Å². The molecule has 19 heavy (non-hydrogen) atoms. The van der Waals surface area contributed by atoms with Gasteiger partial charge in [-0.25, -0.2) is 4.98 Å². The minimum Gasteiger partial charge on any atom is -0.310 e. The third kappa shape index (κ3) is 5.21. The second-order valence-electron chi connectivity index (χ2n) is 5.69. The van der Waals surface area contributed by atoms with Crippen molar-refractivity contribution < 1.29 is 0 Å². The summed E-state index contributed by atoms with van der Waals surface area (Å²) in [6, 6.07) is 0.843. The Balaban J connectivity index is 1.53. The Bertz CT molecular complexity index is 358. The topological polar surface area (TPSA) is 28.2 Å². The van der Waals surface area contributed by atoms with Crippen LogP contribution in [0, 0.1) is 6.92 Å². The standard InChI is InChI=1S/C15H27N3S/c1-13-12-19-15(17-13)11-16-9-6-10-18(2)14-7-4-3-5-8-14/h12,14,16H,3-11H2,1-2H3. The van der Waals surface area contributed by atoms with Crippen LogP contribution in [0.3, 0.4) is 0 Å². The van der Waals surface area contributed by atoms with Crippen molar-refractivity contribution in [3.8, 4) is 0 Å². The summed E-state index contributed by atoms with van der Waals surface area (Å²) in [5.74, 6) is 0. The number of nitrogens with zero attached hydrogens (tertiary/aromatic N) is 2. The third-order valence-electron chi connectivity index (χ3n) is 4.01. The van der Waals surface area contributed by atoms with Crippen LogP contribution in [0.15, 0.2) is 5.38 Å². The first-order chi connectivity index (χ1) is 9.25. The summed E-state index contributed by atoms with van der Waals surface area (Å²) in [4.78, 5) is 7.03. The lowest BCUT2D eigenvalue weighted by Gasteiger charge is -2.31. The van der Waals surface area contributed by atoms with Crippen molar-refractivity contribution in [3.05, 3.63) is 16.1 Å². The first-order valence-electron chi connectivity index (χ1n) is 7.57. The third-order valence-corrected chi connectivity index (χ3v) is 4.97. The second-order valence-corrected chi connectivity index (χ2v) is 6.63. The fourth-order valence-electron chi connectivity index (χ4n) is 2.84. The summed E-state index contributed by atoms with van der Waals surface area (Å²) in [6.07, 6.45) is 8.34. The van der Waals surface area contributed by atoms with E-state index in [-0.39, 0.29) is 0 Å².